The van der Waals surface area contributed by atoms with Crippen LogP contribution in [0.4, 0.5) is 0 Å². The zero-order valence-electron chi connectivity index (χ0n) is 11.9. The summed E-state index contributed by atoms with van der Waals surface area (Å²) < 4.78 is 26.8. The van der Waals surface area contributed by atoms with Crippen LogP contribution in [0.5, 0.6) is 17.2 Å². The maximum atomic E-state index is 5.75. The third-order valence-electron chi connectivity index (χ3n) is 2.84. The Balaban J connectivity index is 1.89. The van der Waals surface area contributed by atoms with Gasteiger partial charge in [-0.3, -0.25) is 0 Å². The Labute approximate surface area is 118 Å². The van der Waals surface area contributed by atoms with Crippen molar-refractivity contribution in [2.24, 2.45) is 0 Å². The van der Waals surface area contributed by atoms with Crippen molar-refractivity contribution in [2.45, 2.75) is 6.54 Å². The Bertz CT molecular complexity index is 424. The molecule has 0 spiro atoms. The van der Waals surface area contributed by atoms with Crippen molar-refractivity contribution in [1.29, 1.82) is 0 Å². The lowest BCUT2D eigenvalue weighted by Crippen LogP contribution is -2.12. The van der Waals surface area contributed by atoms with Crippen molar-refractivity contribution in [1.82, 2.24) is 5.32 Å². The fourth-order valence-corrected chi connectivity index (χ4v) is 1.88. The third kappa shape index (κ3) is 4.00. The van der Waals surface area contributed by atoms with Gasteiger partial charge < -0.3 is 29.0 Å². The van der Waals surface area contributed by atoms with E-state index in [1.807, 2.05) is 19.2 Å². The number of hydrogen-bond donors (Lipinski definition) is 1. The molecular weight excluding hydrogens is 262 g/mol. The van der Waals surface area contributed by atoms with Gasteiger partial charge in [0.1, 0.15) is 12.4 Å². The van der Waals surface area contributed by atoms with E-state index in [2.05, 4.69) is 5.32 Å². The maximum absolute atomic E-state index is 5.75. The fraction of sp³-hybridized carbons (Fsp3) is 0.571. The fourth-order valence-electron chi connectivity index (χ4n) is 1.88. The van der Waals surface area contributed by atoms with E-state index in [9.17, 15) is 0 Å². The summed E-state index contributed by atoms with van der Waals surface area (Å²) in [5.41, 5.74) is 1.04. The van der Waals surface area contributed by atoms with Gasteiger partial charge in [-0.15, -0.1) is 0 Å². The van der Waals surface area contributed by atoms with E-state index in [0.29, 0.717) is 33.0 Å². The number of rotatable bonds is 9. The van der Waals surface area contributed by atoms with E-state index in [-0.39, 0.29) is 6.79 Å². The molecule has 6 heteroatoms. The van der Waals surface area contributed by atoms with Crippen molar-refractivity contribution in [3.8, 4) is 17.2 Å². The first-order chi connectivity index (χ1) is 9.85. The summed E-state index contributed by atoms with van der Waals surface area (Å²) >= 11 is 0. The summed E-state index contributed by atoms with van der Waals surface area (Å²) in [6.07, 6.45) is 0. The molecule has 0 saturated carbocycles. The van der Waals surface area contributed by atoms with Gasteiger partial charge in [0, 0.05) is 25.3 Å². The van der Waals surface area contributed by atoms with Gasteiger partial charge >= 0.3 is 0 Å². The molecule has 20 heavy (non-hydrogen) atoms. The predicted molar refractivity (Wildman–Crippen MR) is 73.5 cm³/mol. The summed E-state index contributed by atoms with van der Waals surface area (Å²) in [5.74, 6) is 2.28. The molecule has 1 aliphatic heterocycles. The van der Waals surface area contributed by atoms with Gasteiger partial charge in [0.15, 0.2) is 11.5 Å². The van der Waals surface area contributed by atoms with E-state index < -0.39 is 0 Å². The molecule has 0 aliphatic carbocycles. The Morgan fingerprint density at radius 2 is 1.85 bits per heavy atom. The van der Waals surface area contributed by atoms with Crippen molar-refractivity contribution >= 4 is 0 Å². The van der Waals surface area contributed by atoms with Crippen LogP contribution >= 0.6 is 0 Å². The van der Waals surface area contributed by atoms with Crippen LogP contribution in [0.15, 0.2) is 12.1 Å². The number of ether oxygens (including phenoxy) is 5. The number of methoxy groups -OCH3 is 1. The molecule has 0 fully saturated rings. The highest BCUT2D eigenvalue weighted by atomic mass is 16.7. The van der Waals surface area contributed by atoms with E-state index in [4.69, 9.17) is 23.7 Å². The van der Waals surface area contributed by atoms with Crippen molar-refractivity contribution in [3.05, 3.63) is 17.7 Å². The Morgan fingerprint density at radius 1 is 1.10 bits per heavy atom. The summed E-state index contributed by atoms with van der Waals surface area (Å²) in [4.78, 5) is 0. The Morgan fingerprint density at radius 3 is 2.60 bits per heavy atom. The highest BCUT2D eigenvalue weighted by molar-refractivity contribution is 5.51. The second kappa shape index (κ2) is 7.94. The van der Waals surface area contributed by atoms with E-state index in [0.717, 1.165) is 22.8 Å². The summed E-state index contributed by atoms with van der Waals surface area (Å²) in [6.45, 7) is 3.14. The highest BCUT2D eigenvalue weighted by Gasteiger charge is 2.17. The van der Waals surface area contributed by atoms with Crippen LogP contribution in [0.1, 0.15) is 5.56 Å². The van der Waals surface area contributed by atoms with Gasteiger partial charge in [-0.25, -0.2) is 0 Å². The van der Waals surface area contributed by atoms with Gasteiger partial charge in [-0.2, -0.15) is 0 Å². The molecule has 0 aromatic heterocycles. The van der Waals surface area contributed by atoms with Gasteiger partial charge in [-0.1, -0.05) is 0 Å². The maximum Gasteiger partial charge on any atom is 0.231 e. The molecule has 0 bridgehead atoms. The van der Waals surface area contributed by atoms with E-state index >= 15 is 0 Å². The Kier molecular flexibility index (Phi) is 5.91. The number of fused-ring (bicyclic) bond motifs is 1. The number of hydrogen-bond acceptors (Lipinski definition) is 6. The lowest BCUT2D eigenvalue weighted by molar-refractivity contribution is 0.0542. The molecule has 112 valence electrons. The number of nitrogens with one attached hydrogen (secondary N) is 1. The summed E-state index contributed by atoms with van der Waals surface area (Å²) in [5, 5.41) is 3.11. The normalized spacial score (nSPS) is 12.7. The molecule has 0 unspecified atom stereocenters. The first-order valence-corrected chi connectivity index (χ1v) is 6.61. The average Bonchev–Trinajstić information content (AvgIpc) is 2.90. The molecule has 1 aromatic carbocycles. The molecule has 0 amide bonds. The monoisotopic (exact) mass is 283 g/mol. The lowest BCUT2D eigenvalue weighted by Gasteiger charge is -2.12. The molecule has 6 nitrogen and oxygen atoms in total. The van der Waals surface area contributed by atoms with Crippen molar-refractivity contribution in [3.63, 3.8) is 0 Å². The van der Waals surface area contributed by atoms with E-state index in [1.165, 1.54) is 0 Å². The van der Waals surface area contributed by atoms with Gasteiger partial charge in [0.05, 0.1) is 19.8 Å². The second-order valence-electron chi connectivity index (χ2n) is 4.30. The minimum atomic E-state index is 0.262. The molecule has 2 rings (SSSR count). The smallest absolute Gasteiger partial charge is 0.231 e. The van der Waals surface area contributed by atoms with Crippen molar-refractivity contribution in [2.75, 3.05) is 47.4 Å². The van der Waals surface area contributed by atoms with E-state index in [1.54, 1.807) is 7.11 Å². The lowest BCUT2D eigenvalue weighted by atomic mass is 10.1. The minimum absolute atomic E-state index is 0.262. The molecule has 1 heterocycles. The van der Waals surface area contributed by atoms with Gasteiger partial charge in [0.25, 0.3) is 0 Å². The van der Waals surface area contributed by atoms with Crippen LogP contribution in [0, 0.1) is 0 Å². The average molecular weight is 283 g/mol. The molecular formula is C14H21NO5. The van der Waals surface area contributed by atoms with Crippen LogP contribution in [-0.4, -0.2) is 47.4 Å². The standard InChI is InChI=1S/C14H21NO5/c1-15-9-11-7-13-14(20-10-19-13)8-12(11)18-6-5-17-4-3-16-2/h7-8,15H,3-6,9-10H2,1-2H3. The predicted octanol–water partition coefficient (Wildman–Crippen LogP) is 1.18. The summed E-state index contributed by atoms with van der Waals surface area (Å²) in [6, 6.07) is 3.81. The first kappa shape index (κ1) is 14.9. The van der Waals surface area contributed by atoms with Crippen LogP contribution in [0.3, 0.4) is 0 Å². The Hall–Kier alpha value is -1.50. The van der Waals surface area contributed by atoms with Crippen molar-refractivity contribution < 1.29 is 23.7 Å². The third-order valence-corrected chi connectivity index (χ3v) is 2.84. The first-order valence-electron chi connectivity index (χ1n) is 6.61. The van der Waals surface area contributed by atoms with Crippen LogP contribution in [0.25, 0.3) is 0 Å². The molecule has 0 atom stereocenters. The van der Waals surface area contributed by atoms with Crippen LogP contribution in [0.2, 0.25) is 0 Å². The quantitative estimate of drug-likeness (QED) is 0.687. The summed E-state index contributed by atoms with van der Waals surface area (Å²) in [7, 11) is 3.54. The molecule has 0 radical (unpaired) electrons. The zero-order valence-corrected chi connectivity index (χ0v) is 11.9. The number of benzene rings is 1. The molecule has 1 N–H and O–H groups in total. The van der Waals surface area contributed by atoms with Gasteiger partial charge in [-0.05, 0) is 13.1 Å². The SMILES string of the molecule is CNCc1cc2c(cc1OCCOCCOC)OCO2. The molecule has 1 aliphatic rings. The highest BCUT2D eigenvalue weighted by Crippen LogP contribution is 2.38. The van der Waals surface area contributed by atoms with Gasteiger partial charge in [0.2, 0.25) is 6.79 Å². The molecule has 0 saturated heterocycles. The second-order valence-corrected chi connectivity index (χ2v) is 4.30. The molecule has 1 aromatic rings. The zero-order chi connectivity index (χ0) is 14.2. The largest absolute Gasteiger partial charge is 0.491 e. The van der Waals surface area contributed by atoms with Crippen LogP contribution < -0.4 is 19.5 Å². The minimum Gasteiger partial charge on any atom is -0.491 e. The topological polar surface area (TPSA) is 58.2 Å². The van der Waals surface area contributed by atoms with Crippen LogP contribution in [-0.2, 0) is 16.0 Å².